The molecule has 6 nitrogen and oxygen atoms in total. The monoisotopic (exact) mass is 553 g/mol. The maximum Gasteiger partial charge on any atom is 0.250 e. The molecule has 41 heavy (non-hydrogen) atoms. The van der Waals surface area contributed by atoms with Gasteiger partial charge in [0.2, 0.25) is 5.91 Å². The Hall–Kier alpha value is -3.48. The molecule has 1 aromatic rings. The van der Waals surface area contributed by atoms with Gasteiger partial charge in [-0.1, -0.05) is 73.7 Å². The highest BCUT2D eigenvalue weighted by molar-refractivity contribution is 6.06. The van der Waals surface area contributed by atoms with E-state index in [1.54, 1.807) is 0 Å². The fraction of sp³-hybridized carbons (Fsp3) is 0.429. The number of allylic oxidation sites excluding steroid dienone is 11. The normalized spacial score (nSPS) is 27.1. The molecular weight excluding hydrogens is 510 g/mol. The number of nitrogens with one attached hydrogen (secondary N) is 1. The van der Waals surface area contributed by atoms with Crippen LogP contribution in [0.2, 0.25) is 0 Å². The van der Waals surface area contributed by atoms with Crippen molar-refractivity contribution >= 4 is 23.1 Å². The Bertz CT molecular complexity index is 1330. The van der Waals surface area contributed by atoms with Crippen molar-refractivity contribution in [3.8, 4) is 0 Å². The second kappa shape index (κ2) is 12.6. The molecule has 0 saturated carbocycles. The smallest absolute Gasteiger partial charge is 0.250 e. The molecule has 5 rings (SSSR count). The summed E-state index contributed by atoms with van der Waals surface area (Å²) in [5, 5.41) is 14.2. The zero-order valence-corrected chi connectivity index (χ0v) is 24.6. The fourth-order valence-electron chi connectivity index (χ4n) is 6.77. The highest BCUT2D eigenvalue weighted by Crippen LogP contribution is 2.53. The third-order valence-electron chi connectivity index (χ3n) is 8.82. The molecule has 2 N–H and O–H groups in total. The topological polar surface area (TPSA) is 72.9 Å². The van der Waals surface area contributed by atoms with E-state index in [4.69, 9.17) is 0 Å². The first-order valence-corrected chi connectivity index (χ1v) is 15.1. The summed E-state index contributed by atoms with van der Waals surface area (Å²) in [6, 6.07) is 7.80. The molecule has 1 spiro atoms. The van der Waals surface area contributed by atoms with E-state index in [0.717, 1.165) is 47.4 Å². The minimum absolute atomic E-state index is 0.0712. The van der Waals surface area contributed by atoms with Gasteiger partial charge in [-0.2, -0.15) is 0 Å². The minimum atomic E-state index is -1.21. The van der Waals surface area contributed by atoms with Gasteiger partial charge in [0.05, 0.1) is 5.41 Å². The van der Waals surface area contributed by atoms with Crippen LogP contribution < -0.4 is 10.2 Å². The molecule has 6 heteroatoms. The van der Waals surface area contributed by atoms with E-state index < -0.39 is 17.6 Å². The second-order valence-corrected chi connectivity index (χ2v) is 11.7. The van der Waals surface area contributed by atoms with Crippen LogP contribution in [0.15, 0.2) is 90.2 Å². The Labute approximate surface area is 244 Å². The first-order chi connectivity index (χ1) is 19.9. The quantitative estimate of drug-likeness (QED) is 0.464. The van der Waals surface area contributed by atoms with Crippen molar-refractivity contribution in [3.05, 3.63) is 95.8 Å². The third kappa shape index (κ3) is 5.81. The number of likely N-dealkylation sites (tertiary alicyclic amines) is 1. The summed E-state index contributed by atoms with van der Waals surface area (Å²) in [6.07, 6.45) is 22.2. The minimum Gasteiger partial charge on any atom is -0.382 e. The maximum atomic E-state index is 14.7. The van der Waals surface area contributed by atoms with Crippen LogP contribution in [0.4, 0.5) is 5.69 Å². The van der Waals surface area contributed by atoms with Gasteiger partial charge in [0.25, 0.3) is 5.91 Å². The number of nitrogens with zero attached hydrogens (tertiary/aromatic N) is 2. The first-order valence-electron chi connectivity index (χ1n) is 15.1. The number of piperidine rings is 1. The molecule has 2 aliphatic heterocycles. The number of rotatable bonds is 6. The zero-order chi connectivity index (χ0) is 29.0. The number of likely N-dealkylation sites (N-methyl/N-ethyl adjacent to an activating group) is 1. The van der Waals surface area contributed by atoms with E-state index in [2.05, 4.69) is 96.1 Å². The lowest BCUT2D eigenvalue weighted by Crippen LogP contribution is -2.58. The maximum absolute atomic E-state index is 14.7. The van der Waals surface area contributed by atoms with Gasteiger partial charge in [0.15, 0.2) is 0 Å². The van der Waals surface area contributed by atoms with Crippen molar-refractivity contribution in [1.29, 1.82) is 0 Å². The van der Waals surface area contributed by atoms with E-state index in [1.165, 1.54) is 0 Å². The number of hydrogen-bond acceptors (Lipinski definition) is 4. The van der Waals surface area contributed by atoms with E-state index in [1.807, 2.05) is 18.7 Å². The second-order valence-electron chi connectivity index (χ2n) is 11.7. The van der Waals surface area contributed by atoms with Crippen LogP contribution in [-0.4, -0.2) is 53.1 Å². The summed E-state index contributed by atoms with van der Waals surface area (Å²) in [7, 11) is 0. The summed E-state index contributed by atoms with van der Waals surface area (Å²) in [5.41, 5.74) is 4.59. The van der Waals surface area contributed by atoms with E-state index in [0.29, 0.717) is 32.4 Å². The highest BCUT2D eigenvalue weighted by Gasteiger charge is 2.56. The van der Waals surface area contributed by atoms with Crippen LogP contribution in [0, 0.1) is 5.41 Å². The lowest BCUT2D eigenvalue weighted by atomic mass is 9.68. The number of anilines is 1. The Morgan fingerprint density at radius 3 is 2.63 bits per heavy atom. The number of carbonyl (C=O) groups is 2. The van der Waals surface area contributed by atoms with Crippen LogP contribution in [0.1, 0.15) is 64.9 Å². The van der Waals surface area contributed by atoms with Crippen LogP contribution in [-0.2, 0) is 9.59 Å². The van der Waals surface area contributed by atoms with Gasteiger partial charge in [-0.25, -0.2) is 0 Å². The van der Waals surface area contributed by atoms with Gasteiger partial charge in [0, 0.05) is 23.5 Å². The van der Waals surface area contributed by atoms with Crippen LogP contribution in [0.3, 0.4) is 0 Å². The predicted molar refractivity (Wildman–Crippen MR) is 166 cm³/mol. The number of aliphatic hydroxyl groups excluding tert-OH is 1. The van der Waals surface area contributed by atoms with Gasteiger partial charge < -0.3 is 10.4 Å². The molecule has 0 radical (unpaired) electrons. The highest BCUT2D eigenvalue weighted by atomic mass is 16.3. The van der Waals surface area contributed by atoms with Crippen molar-refractivity contribution in [1.82, 2.24) is 10.2 Å². The molecule has 216 valence electrons. The Balaban J connectivity index is 1.53. The fourth-order valence-corrected chi connectivity index (χ4v) is 6.77. The summed E-state index contributed by atoms with van der Waals surface area (Å²) < 4.78 is 0. The molecule has 1 saturated heterocycles. The van der Waals surface area contributed by atoms with E-state index in [9.17, 15) is 14.7 Å². The predicted octanol–water partition coefficient (Wildman–Crippen LogP) is 5.84. The van der Waals surface area contributed by atoms with Crippen LogP contribution in [0.25, 0.3) is 5.57 Å². The SMILES string of the molecule is CCN1CCC2(CC1C(O)C(=O)NC(C)C)C(=O)N(c1ccc(C3=CC=CCC=C3)cc1)C1=C2C/C=C\C=C/CC1. The molecule has 1 aromatic carbocycles. The number of amides is 2. The molecule has 0 bridgehead atoms. The van der Waals surface area contributed by atoms with Gasteiger partial charge >= 0.3 is 0 Å². The van der Waals surface area contributed by atoms with Crippen molar-refractivity contribution in [3.63, 3.8) is 0 Å². The summed E-state index contributed by atoms with van der Waals surface area (Å²) in [6.45, 7) is 7.20. The molecule has 4 aliphatic rings. The van der Waals surface area contributed by atoms with Crippen LogP contribution >= 0.6 is 0 Å². The molecular formula is C35H43N3O3. The summed E-state index contributed by atoms with van der Waals surface area (Å²) >= 11 is 0. The van der Waals surface area contributed by atoms with Crippen molar-refractivity contribution < 1.29 is 14.7 Å². The number of benzene rings is 1. The Kier molecular flexibility index (Phi) is 8.91. The number of hydrogen-bond donors (Lipinski definition) is 2. The molecule has 3 atom stereocenters. The largest absolute Gasteiger partial charge is 0.382 e. The van der Waals surface area contributed by atoms with E-state index in [-0.39, 0.29) is 17.9 Å². The van der Waals surface area contributed by atoms with Gasteiger partial charge in [-0.3, -0.25) is 19.4 Å². The standard InChI is InChI=1S/C35H43N3O3/c1-4-37-23-22-35(24-31(37)32(39)33(40)36-25(2)3)29-16-12-6-5-7-13-17-30(29)38(34(35)41)28-20-18-27(19-21-28)26-14-10-8-9-11-15-26/h5-8,10-12,14-15,18-21,25,31-32,39H,4,9,13,16-17,22-24H2,1-3H3,(H,36,40)/b7-5-,12-6-. The summed E-state index contributed by atoms with van der Waals surface area (Å²) in [5.74, 6) is -0.301. The zero-order valence-electron chi connectivity index (χ0n) is 24.6. The Morgan fingerprint density at radius 1 is 1.10 bits per heavy atom. The first kappa shape index (κ1) is 29.0. The van der Waals surface area contributed by atoms with Crippen molar-refractivity contribution in [2.24, 2.45) is 5.41 Å². The molecule has 1 fully saturated rings. The van der Waals surface area contributed by atoms with Crippen LogP contribution in [0.5, 0.6) is 0 Å². The van der Waals surface area contributed by atoms with Gasteiger partial charge in [-0.05, 0) is 94.3 Å². The molecule has 0 aromatic heterocycles. The number of aliphatic hydroxyl groups is 1. The van der Waals surface area contributed by atoms with Gasteiger partial charge in [0.1, 0.15) is 6.10 Å². The van der Waals surface area contributed by atoms with Crippen molar-refractivity contribution in [2.75, 3.05) is 18.0 Å². The lowest BCUT2D eigenvalue weighted by Gasteiger charge is -2.46. The third-order valence-corrected chi connectivity index (χ3v) is 8.82. The molecule has 2 aliphatic carbocycles. The summed E-state index contributed by atoms with van der Waals surface area (Å²) in [4.78, 5) is 31.8. The molecule has 2 amide bonds. The lowest BCUT2D eigenvalue weighted by molar-refractivity contribution is -0.139. The van der Waals surface area contributed by atoms with Gasteiger partial charge in [-0.15, -0.1) is 0 Å². The number of carbonyl (C=O) groups excluding carboxylic acids is 2. The molecule has 2 heterocycles. The average molecular weight is 554 g/mol. The average Bonchev–Trinajstić information content (AvgIpc) is 3.08. The van der Waals surface area contributed by atoms with E-state index >= 15 is 0 Å². The Morgan fingerprint density at radius 2 is 1.88 bits per heavy atom. The molecule has 3 unspecified atom stereocenters. The van der Waals surface area contributed by atoms with Crippen molar-refractivity contribution in [2.45, 2.75) is 77.5 Å². The number of fused-ring (bicyclic) bond motifs is 1.